The van der Waals surface area contributed by atoms with Crippen molar-refractivity contribution in [2.75, 3.05) is 25.3 Å². The third-order valence-corrected chi connectivity index (χ3v) is 7.57. The number of rotatable bonds is 4. The molecule has 0 bridgehead atoms. The number of hydrogen-bond acceptors (Lipinski definition) is 9. The van der Waals surface area contributed by atoms with Crippen LogP contribution in [0.4, 0.5) is 5.69 Å². The second-order valence-corrected chi connectivity index (χ2v) is 9.73. The van der Waals surface area contributed by atoms with E-state index in [1.807, 2.05) is 0 Å². The lowest BCUT2D eigenvalue weighted by molar-refractivity contribution is -0.181. The van der Waals surface area contributed by atoms with E-state index in [2.05, 4.69) is 5.32 Å². The molecular formula is C23H24ClN3O8. The van der Waals surface area contributed by atoms with Crippen molar-refractivity contribution in [1.29, 1.82) is 0 Å². The summed E-state index contributed by atoms with van der Waals surface area (Å²) in [6.45, 7) is 0. The number of fused-ring (bicyclic) bond motifs is 3. The highest BCUT2D eigenvalue weighted by atomic mass is 35.5. The molecule has 0 radical (unpaired) electrons. The van der Waals surface area contributed by atoms with Gasteiger partial charge in [0.2, 0.25) is 11.8 Å². The number of Topliss-reactive ketones (excluding diaryl/α,β-unsaturated/α-hetero) is 4. The molecule has 4 unspecified atom stereocenters. The van der Waals surface area contributed by atoms with Gasteiger partial charge in [0.05, 0.1) is 23.2 Å². The van der Waals surface area contributed by atoms with Crippen molar-refractivity contribution in [3.8, 4) is 5.75 Å². The van der Waals surface area contributed by atoms with Gasteiger partial charge >= 0.3 is 0 Å². The Kier molecular flexibility index (Phi) is 6.06. The molecule has 2 amide bonds. The number of phenols is 1. The van der Waals surface area contributed by atoms with Crippen LogP contribution in [0.5, 0.6) is 5.75 Å². The Hall–Kier alpha value is -3.15. The molecule has 2 saturated carbocycles. The summed E-state index contributed by atoms with van der Waals surface area (Å²) in [6, 6.07) is 1.78. The van der Waals surface area contributed by atoms with Gasteiger partial charge in [0, 0.05) is 5.92 Å². The fraction of sp³-hybridized carbons (Fsp3) is 0.478. The third-order valence-electron chi connectivity index (χ3n) is 7.33. The van der Waals surface area contributed by atoms with Crippen LogP contribution >= 0.6 is 11.6 Å². The van der Waals surface area contributed by atoms with Crippen LogP contribution < -0.4 is 11.1 Å². The third kappa shape index (κ3) is 3.48. The number of phenolic OH excluding ortho intramolecular Hbond substituents is 1. The number of aliphatic hydroxyl groups is 1. The number of benzene rings is 1. The van der Waals surface area contributed by atoms with E-state index >= 15 is 0 Å². The number of nitrogens with zero attached hydrogens (tertiary/aromatic N) is 1. The van der Waals surface area contributed by atoms with E-state index in [4.69, 9.17) is 17.3 Å². The van der Waals surface area contributed by atoms with Crippen molar-refractivity contribution in [2.24, 2.45) is 29.4 Å². The SMILES string of the molecule is CN(C)[C@@H]1C(=O)C(C(N)=O)C(=O)[C@@]2(O)C(=O)C3C(=O)c4c(ccc(NC(=O)CCl)c4O)CC3CC12. The highest BCUT2D eigenvalue weighted by molar-refractivity contribution is 6.32. The van der Waals surface area contributed by atoms with Crippen LogP contribution in [0, 0.1) is 23.7 Å². The lowest BCUT2D eigenvalue weighted by Gasteiger charge is -2.52. The van der Waals surface area contributed by atoms with Crippen LogP contribution in [0.3, 0.4) is 0 Å². The number of carbonyl (C=O) groups is 6. The fourth-order valence-corrected chi connectivity index (χ4v) is 5.93. The number of hydrogen-bond donors (Lipinski definition) is 4. The minimum absolute atomic E-state index is 0.0323. The van der Waals surface area contributed by atoms with Crippen LogP contribution in [-0.2, 0) is 30.4 Å². The fourth-order valence-electron chi connectivity index (χ4n) is 5.87. The molecular weight excluding hydrogens is 482 g/mol. The zero-order valence-electron chi connectivity index (χ0n) is 18.9. The minimum Gasteiger partial charge on any atom is -0.505 e. The molecule has 12 heteroatoms. The maximum Gasteiger partial charge on any atom is 0.239 e. The quantitative estimate of drug-likeness (QED) is 0.227. The Morgan fingerprint density at radius 3 is 2.43 bits per heavy atom. The summed E-state index contributed by atoms with van der Waals surface area (Å²) in [5.74, 6) is -12.3. The number of carbonyl (C=O) groups excluding carboxylic acids is 6. The topological polar surface area (TPSA) is 184 Å². The van der Waals surface area contributed by atoms with Crippen molar-refractivity contribution in [2.45, 2.75) is 24.5 Å². The number of halogens is 1. The number of primary amides is 1. The van der Waals surface area contributed by atoms with E-state index in [1.165, 1.54) is 31.1 Å². The molecule has 3 aliphatic rings. The van der Waals surface area contributed by atoms with Crippen LogP contribution in [0.25, 0.3) is 0 Å². The number of alkyl halides is 1. The molecule has 4 rings (SSSR count). The Balaban J connectivity index is 1.82. The highest BCUT2D eigenvalue weighted by Crippen LogP contribution is 2.51. The lowest BCUT2D eigenvalue weighted by Crippen LogP contribution is -2.74. The normalized spacial score (nSPS) is 32.1. The number of likely N-dealkylation sites (N-methyl/N-ethyl adjacent to an activating group) is 1. The van der Waals surface area contributed by atoms with Crippen molar-refractivity contribution < 1.29 is 39.0 Å². The van der Waals surface area contributed by atoms with Gasteiger partial charge in [-0.25, -0.2) is 0 Å². The molecule has 1 aromatic rings. The molecule has 0 aromatic heterocycles. The van der Waals surface area contributed by atoms with E-state index in [-0.39, 0.29) is 24.1 Å². The number of aromatic hydroxyl groups is 1. The second kappa shape index (κ2) is 8.51. The summed E-state index contributed by atoms with van der Waals surface area (Å²) in [5.41, 5.74) is 2.63. The maximum atomic E-state index is 13.7. The van der Waals surface area contributed by atoms with Gasteiger partial charge in [-0.3, -0.25) is 33.7 Å². The van der Waals surface area contributed by atoms with E-state index in [1.54, 1.807) is 0 Å². The minimum atomic E-state index is -2.78. The first-order chi connectivity index (χ1) is 16.4. The zero-order valence-corrected chi connectivity index (χ0v) is 19.7. The molecule has 35 heavy (non-hydrogen) atoms. The van der Waals surface area contributed by atoms with Gasteiger partial charge in [0.1, 0.15) is 11.6 Å². The molecule has 11 nitrogen and oxygen atoms in total. The largest absolute Gasteiger partial charge is 0.505 e. The molecule has 6 atom stereocenters. The Morgan fingerprint density at radius 1 is 1.20 bits per heavy atom. The second-order valence-electron chi connectivity index (χ2n) is 9.47. The Bertz CT molecular complexity index is 1200. The monoisotopic (exact) mass is 505 g/mol. The van der Waals surface area contributed by atoms with Crippen molar-refractivity contribution in [1.82, 2.24) is 4.90 Å². The first-order valence-electron chi connectivity index (χ1n) is 10.9. The molecule has 3 aliphatic carbocycles. The van der Waals surface area contributed by atoms with E-state index in [0.717, 1.165) is 0 Å². The first kappa shape index (κ1) is 25.0. The van der Waals surface area contributed by atoms with Crippen molar-refractivity contribution >= 4 is 52.2 Å². The molecule has 0 aliphatic heterocycles. The van der Waals surface area contributed by atoms with Crippen LogP contribution in [0.1, 0.15) is 22.3 Å². The average molecular weight is 506 g/mol. The zero-order chi connectivity index (χ0) is 26.0. The maximum absolute atomic E-state index is 13.7. The summed E-state index contributed by atoms with van der Waals surface area (Å²) < 4.78 is 0. The predicted molar refractivity (Wildman–Crippen MR) is 121 cm³/mol. The van der Waals surface area contributed by atoms with Gasteiger partial charge < -0.3 is 21.3 Å². The van der Waals surface area contributed by atoms with Gasteiger partial charge in [-0.15, -0.1) is 11.6 Å². The highest BCUT2D eigenvalue weighted by Gasteiger charge is 2.69. The molecule has 0 spiro atoms. The summed E-state index contributed by atoms with van der Waals surface area (Å²) in [4.78, 5) is 78.4. The lowest BCUT2D eigenvalue weighted by atomic mass is 9.52. The number of anilines is 1. The van der Waals surface area contributed by atoms with Gasteiger partial charge in [0.25, 0.3) is 0 Å². The van der Waals surface area contributed by atoms with E-state index < -0.39 is 81.9 Å². The molecule has 1 aromatic carbocycles. The van der Waals surface area contributed by atoms with Gasteiger partial charge in [-0.1, -0.05) is 6.07 Å². The van der Waals surface area contributed by atoms with Crippen molar-refractivity contribution in [3.05, 3.63) is 23.3 Å². The van der Waals surface area contributed by atoms with Gasteiger partial charge in [-0.05, 0) is 44.5 Å². The van der Waals surface area contributed by atoms with E-state index in [0.29, 0.717) is 5.56 Å². The standard InChI is InChI=1S/C23H24ClN3O8/c1-27(2)16-10-6-9-5-8-3-4-11(26-12(28)7-24)17(29)13(8)18(30)14(9)20(32)23(10,35)21(33)15(19(16)31)22(25)34/h3-4,9-10,14-16,29,35H,5-7H2,1-2H3,(H2,25,34)(H,26,28)/t9?,10?,14?,15?,16-,23-/m0/s1. The summed E-state index contributed by atoms with van der Waals surface area (Å²) in [5, 5.41) is 24.6. The molecule has 2 fully saturated rings. The van der Waals surface area contributed by atoms with Crippen LogP contribution in [0.15, 0.2) is 12.1 Å². The molecule has 0 saturated heterocycles. The first-order valence-corrected chi connectivity index (χ1v) is 11.4. The predicted octanol–water partition coefficient (Wildman–Crippen LogP) is -0.956. The number of amides is 2. The van der Waals surface area contributed by atoms with E-state index in [9.17, 15) is 39.0 Å². The van der Waals surface area contributed by atoms with Gasteiger partial charge in [-0.2, -0.15) is 0 Å². The van der Waals surface area contributed by atoms with Crippen molar-refractivity contribution in [3.63, 3.8) is 0 Å². The summed E-state index contributed by atoms with van der Waals surface area (Å²) >= 11 is 5.48. The average Bonchev–Trinajstić information content (AvgIpc) is 2.77. The molecule has 0 heterocycles. The Labute approximate surface area is 204 Å². The summed E-state index contributed by atoms with van der Waals surface area (Å²) in [6.07, 6.45) is 0.110. The smallest absolute Gasteiger partial charge is 0.239 e. The van der Waals surface area contributed by atoms with Crippen LogP contribution in [0.2, 0.25) is 0 Å². The van der Waals surface area contributed by atoms with Crippen LogP contribution in [-0.4, -0.2) is 81.7 Å². The number of nitrogens with two attached hydrogens (primary N) is 1. The molecule has 5 N–H and O–H groups in total. The molecule has 186 valence electrons. The number of ketones is 4. The summed E-state index contributed by atoms with van der Waals surface area (Å²) in [7, 11) is 3.03. The Morgan fingerprint density at radius 2 is 1.86 bits per heavy atom. The van der Waals surface area contributed by atoms with Gasteiger partial charge in [0.15, 0.2) is 34.7 Å². The number of nitrogens with one attached hydrogen (secondary N) is 1.